The van der Waals surface area contributed by atoms with E-state index in [0.29, 0.717) is 32.1 Å². The summed E-state index contributed by atoms with van der Waals surface area (Å²) in [5.41, 5.74) is 2.94. The summed E-state index contributed by atoms with van der Waals surface area (Å²) < 4.78 is 0. The number of aliphatic hydroxyl groups is 6. The van der Waals surface area contributed by atoms with Crippen molar-refractivity contribution >= 4 is 0 Å². The highest BCUT2D eigenvalue weighted by molar-refractivity contribution is 5.34. The predicted octanol–water partition coefficient (Wildman–Crippen LogP) is 3.71. The second-order valence-corrected chi connectivity index (χ2v) is 12.0. The molecular formula is C29H48O6. The van der Waals surface area contributed by atoms with E-state index in [4.69, 9.17) is 0 Å². The van der Waals surface area contributed by atoms with Crippen LogP contribution in [0, 0.1) is 10.8 Å². The molecule has 6 heteroatoms. The lowest BCUT2D eigenvalue weighted by atomic mass is 9.82. The van der Waals surface area contributed by atoms with Crippen LogP contribution in [0.4, 0.5) is 0 Å². The normalized spacial score (nSPS) is 25.7. The number of rotatable bonds is 14. The van der Waals surface area contributed by atoms with Crippen LogP contribution >= 0.6 is 0 Å². The largest absolute Gasteiger partial charge is 0.396 e. The Balaban J connectivity index is 1.86. The molecule has 0 bridgehead atoms. The van der Waals surface area contributed by atoms with E-state index in [2.05, 4.69) is 0 Å². The van der Waals surface area contributed by atoms with Crippen LogP contribution in [0.1, 0.15) is 85.5 Å². The van der Waals surface area contributed by atoms with Crippen molar-refractivity contribution in [3.05, 3.63) is 46.6 Å². The van der Waals surface area contributed by atoms with Gasteiger partial charge in [-0.2, -0.15) is 0 Å². The SMILES string of the molecule is CC(C)(CO)CCCC1=CC(O)C=C(CCCC2=CC(O)C=C(CCCC(C)(C)CO)C2O)C1O. The summed E-state index contributed by atoms with van der Waals surface area (Å²) in [6.07, 6.45) is 10.6. The highest BCUT2D eigenvalue weighted by Crippen LogP contribution is 2.33. The van der Waals surface area contributed by atoms with Crippen LogP contribution in [-0.4, -0.2) is 68.3 Å². The van der Waals surface area contributed by atoms with Crippen molar-refractivity contribution in [2.45, 2.75) is 110 Å². The molecule has 4 atom stereocenters. The summed E-state index contributed by atoms with van der Waals surface area (Å²) in [7, 11) is 0. The van der Waals surface area contributed by atoms with Gasteiger partial charge < -0.3 is 30.6 Å². The van der Waals surface area contributed by atoms with Gasteiger partial charge in [-0.05, 0) is 90.9 Å². The van der Waals surface area contributed by atoms with E-state index >= 15 is 0 Å². The summed E-state index contributed by atoms with van der Waals surface area (Å²) in [5, 5.41) is 61.2. The molecular weight excluding hydrogens is 444 g/mol. The molecule has 0 saturated heterocycles. The smallest absolute Gasteiger partial charge is 0.0963 e. The minimum atomic E-state index is -0.715. The van der Waals surface area contributed by atoms with Gasteiger partial charge in [-0.15, -0.1) is 0 Å². The molecule has 0 aliphatic heterocycles. The van der Waals surface area contributed by atoms with Crippen LogP contribution in [-0.2, 0) is 0 Å². The molecule has 0 amide bonds. The molecule has 6 nitrogen and oxygen atoms in total. The van der Waals surface area contributed by atoms with E-state index in [1.807, 2.05) is 27.7 Å². The molecule has 200 valence electrons. The maximum absolute atomic E-state index is 10.9. The molecule has 2 rings (SSSR count). The zero-order chi connectivity index (χ0) is 26.2. The Morgan fingerprint density at radius 2 is 0.829 bits per heavy atom. The Morgan fingerprint density at radius 1 is 0.543 bits per heavy atom. The van der Waals surface area contributed by atoms with E-state index in [-0.39, 0.29) is 24.0 Å². The molecule has 0 heterocycles. The molecule has 0 fully saturated rings. The third kappa shape index (κ3) is 9.60. The molecule has 0 aromatic heterocycles. The first-order chi connectivity index (χ1) is 16.4. The van der Waals surface area contributed by atoms with Gasteiger partial charge in [0.1, 0.15) is 0 Å². The lowest BCUT2D eigenvalue weighted by Gasteiger charge is -2.28. The molecule has 4 unspecified atom stereocenters. The third-order valence-corrected chi connectivity index (χ3v) is 7.37. The molecule has 6 N–H and O–H groups in total. The fourth-order valence-corrected chi connectivity index (χ4v) is 4.89. The van der Waals surface area contributed by atoms with Crippen LogP contribution in [0.3, 0.4) is 0 Å². The van der Waals surface area contributed by atoms with Gasteiger partial charge in [-0.1, -0.05) is 52.0 Å². The average Bonchev–Trinajstić information content (AvgIpc) is 2.79. The molecule has 35 heavy (non-hydrogen) atoms. The molecule has 0 radical (unpaired) electrons. The molecule has 0 spiro atoms. The Hall–Kier alpha value is -1.28. The fourth-order valence-electron chi connectivity index (χ4n) is 4.89. The first-order valence-corrected chi connectivity index (χ1v) is 13.1. The summed E-state index contributed by atoms with van der Waals surface area (Å²) in [6, 6.07) is 0. The van der Waals surface area contributed by atoms with Gasteiger partial charge in [0.2, 0.25) is 0 Å². The molecule has 2 aliphatic carbocycles. The van der Waals surface area contributed by atoms with Crippen molar-refractivity contribution in [3.63, 3.8) is 0 Å². The first kappa shape index (κ1) is 29.9. The minimum Gasteiger partial charge on any atom is -0.396 e. The van der Waals surface area contributed by atoms with Crippen molar-refractivity contribution < 1.29 is 30.6 Å². The van der Waals surface area contributed by atoms with Crippen molar-refractivity contribution in [3.8, 4) is 0 Å². The Kier molecular flexibility index (Phi) is 11.4. The van der Waals surface area contributed by atoms with Gasteiger partial charge in [-0.3, -0.25) is 0 Å². The number of hydrogen-bond acceptors (Lipinski definition) is 6. The maximum atomic E-state index is 10.9. The first-order valence-electron chi connectivity index (χ1n) is 13.1. The average molecular weight is 493 g/mol. The van der Waals surface area contributed by atoms with Gasteiger partial charge in [0.15, 0.2) is 0 Å². The lowest BCUT2D eigenvalue weighted by molar-refractivity contribution is 0.146. The van der Waals surface area contributed by atoms with Crippen molar-refractivity contribution in [2.24, 2.45) is 10.8 Å². The highest BCUT2D eigenvalue weighted by Gasteiger charge is 2.26. The summed E-state index contributed by atoms with van der Waals surface area (Å²) >= 11 is 0. The summed E-state index contributed by atoms with van der Waals surface area (Å²) in [5.74, 6) is 0. The van der Waals surface area contributed by atoms with Crippen molar-refractivity contribution in [1.29, 1.82) is 0 Å². The van der Waals surface area contributed by atoms with Crippen molar-refractivity contribution in [1.82, 2.24) is 0 Å². The predicted molar refractivity (Wildman–Crippen MR) is 140 cm³/mol. The van der Waals surface area contributed by atoms with Gasteiger partial charge in [0.05, 0.1) is 24.4 Å². The lowest BCUT2D eigenvalue weighted by Crippen LogP contribution is -2.24. The van der Waals surface area contributed by atoms with E-state index in [1.54, 1.807) is 24.3 Å². The molecule has 0 aromatic rings. The topological polar surface area (TPSA) is 121 Å². The van der Waals surface area contributed by atoms with E-state index in [1.165, 1.54) is 0 Å². The zero-order valence-electron chi connectivity index (χ0n) is 22.1. The number of aliphatic hydroxyl groups excluding tert-OH is 6. The summed E-state index contributed by atoms with van der Waals surface area (Å²) in [6.45, 7) is 8.30. The Bertz CT molecular complexity index is 738. The van der Waals surface area contributed by atoms with Crippen LogP contribution in [0.25, 0.3) is 0 Å². The zero-order valence-corrected chi connectivity index (χ0v) is 22.1. The van der Waals surface area contributed by atoms with Crippen LogP contribution in [0.5, 0.6) is 0 Å². The minimum absolute atomic E-state index is 0.121. The molecule has 0 aromatic carbocycles. The fraction of sp³-hybridized carbons (Fsp3) is 0.724. The van der Waals surface area contributed by atoms with Gasteiger partial charge >= 0.3 is 0 Å². The molecule has 2 aliphatic rings. The standard InChI is InChI=1S/C29H48O6/c1-28(2,18-30)12-6-10-22-16-24(32)14-20(26(22)34)8-5-9-21-15-25(33)17-23(27(21)35)11-7-13-29(3,4)19-31/h14-17,24-27,30-35H,5-13,18-19H2,1-4H3. The number of hydrogen-bond donors (Lipinski definition) is 6. The van der Waals surface area contributed by atoms with Gasteiger partial charge in [0, 0.05) is 13.2 Å². The van der Waals surface area contributed by atoms with Crippen LogP contribution < -0.4 is 0 Å². The maximum Gasteiger partial charge on any atom is 0.0963 e. The Labute approximate surface area is 211 Å². The monoisotopic (exact) mass is 492 g/mol. The van der Waals surface area contributed by atoms with Crippen LogP contribution in [0.2, 0.25) is 0 Å². The van der Waals surface area contributed by atoms with Crippen LogP contribution in [0.15, 0.2) is 46.6 Å². The molecule has 0 saturated carbocycles. The third-order valence-electron chi connectivity index (χ3n) is 7.37. The second-order valence-electron chi connectivity index (χ2n) is 12.0. The highest BCUT2D eigenvalue weighted by atomic mass is 16.3. The van der Waals surface area contributed by atoms with Gasteiger partial charge in [0.25, 0.3) is 0 Å². The van der Waals surface area contributed by atoms with Gasteiger partial charge in [-0.25, -0.2) is 0 Å². The van der Waals surface area contributed by atoms with E-state index in [9.17, 15) is 30.6 Å². The Morgan fingerprint density at radius 3 is 1.11 bits per heavy atom. The second kappa shape index (κ2) is 13.3. The van der Waals surface area contributed by atoms with E-state index in [0.717, 1.165) is 48.0 Å². The van der Waals surface area contributed by atoms with Crippen molar-refractivity contribution in [2.75, 3.05) is 13.2 Å². The quantitative estimate of drug-likeness (QED) is 0.206. The van der Waals surface area contributed by atoms with E-state index < -0.39 is 24.4 Å². The summed E-state index contributed by atoms with van der Waals surface area (Å²) in [4.78, 5) is 0.